The smallest absolute Gasteiger partial charge is 0.147 e. The third-order valence-electron chi connectivity index (χ3n) is 3.56. The third-order valence-corrected chi connectivity index (χ3v) is 4.54. The molecule has 0 fully saturated rings. The number of hydrogen-bond donors (Lipinski definition) is 1. The van der Waals surface area contributed by atoms with Gasteiger partial charge >= 0.3 is 0 Å². The molecule has 3 rings (SSSR count). The zero-order valence-electron chi connectivity index (χ0n) is 12.7. The van der Waals surface area contributed by atoms with Crippen LogP contribution in [0.2, 0.25) is 0 Å². The highest BCUT2D eigenvalue weighted by Gasteiger charge is 2.09. The molecule has 0 aliphatic rings. The van der Waals surface area contributed by atoms with E-state index in [1.165, 1.54) is 0 Å². The number of nitrogens with zero attached hydrogens (tertiary/aromatic N) is 3. The second-order valence-electron chi connectivity index (χ2n) is 5.21. The van der Waals surface area contributed by atoms with Crippen molar-refractivity contribution >= 4 is 11.3 Å². The maximum atomic E-state index is 8.98. The van der Waals surface area contributed by atoms with Crippen LogP contribution in [0.15, 0.2) is 54.6 Å². The van der Waals surface area contributed by atoms with E-state index in [1.807, 2.05) is 54.6 Å². The van der Waals surface area contributed by atoms with E-state index in [4.69, 9.17) is 5.26 Å². The first-order valence-corrected chi connectivity index (χ1v) is 8.19. The molecule has 0 saturated heterocycles. The van der Waals surface area contributed by atoms with Gasteiger partial charge in [0.25, 0.3) is 0 Å². The molecule has 0 unspecified atom stereocenters. The summed E-state index contributed by atoms with van der Waals surface area (Å²) in [6, 6.07) is 20.0. The van der Waals surface area contributed by atoms with E-state index >= 15 is 0 Å². The normalized spacial score (nSPS) is 11.8. The summed E-state index contributed by atoms with van der Waals surface area (Å²) in [4.78, 5) is 0. The number of rotatable bonds is 5. The van der Waals surface area contributed by atoms with Gasteiger partial charge in [-0.25, -0.2) is 0 Å². The lowest BCUT2D eigenvalue weighted by Crippen LogP contribution is -2.18. The molecule has 0 saturated carbocycles. The second kappa shape index (κ2) is 7.14. The van der Waals surface area contributed by atoms with Crippen molar-refractivity contribution < 1.29 is 0 Å². The van der Waals surface area contributed by atoms with Crippen molar-refractivity contribution in [2.75, 3.05) is 0 Å². The Morgan fingerprint density at radius 1 is 1.13 bits per heavy atom. The third kappa shape index (κ3) is 3.81. The van der Waals surface area contributed by atoms with Crippen LogP contribution in [0.1, 0.15) is 29.1 Å². The Hall–Kier alpha value is -2.55. The molecule has 0 radical (unpaired) electrons. The molecule has 114 valence electrons. The van der Waals surface area contributed by atoms with Crippen LogP contribution in [0.25, 0.3) is 10.6 Å². The molecule has 23 heavy (non-hydrogen) atoms. The second-order valence-corrected chi connectivity index (χ2v) is 6.27. The van der Waals surface area contributed by atoms with Gasteiger partial charge in [0.15, 0.2) is 0 Å². The van der Waals surface area contributed by atoms with Crippen molar-refractivity contribution in [1.82, 2.24) is 15.5 Å². The van der Waals surface area contributed by atoms with Gasteiger partial charge in [0.2, 0.25) is 0 Å². The number of nitriles is 1. The van der Waals surface area contributed by atoms with Crippen molar-refractivity contribution in [3.8, 4) is 16.6 Å². The quantitative estimate of drug-likeness (QED) is 0.774. The van der Waals surface area contributed by atoms with Crippen molar-refractivity contribution in [2.24, 2.45) is 0 Å². The van der Waals surface area contributed by atoms with Crippen molar-refractivity contribution in [1.29, 1.82) is 5.26 Å². The average Bonchev–Trinajstić information content (AvgIpc) is 3.09. The zero-order valence-corrected chi connectivity index (χ0v) is 13.5. The Labute approximate surface area is 139 Å². The molecular formula is C18H16N4S. The largest absolute Gasteiger partial charge is 0.304 e. The van der Waals surface area contributed by atoms with Crippen LogP contribution in [-0.4, -0.2) is 10.2 Å². The molecule has 0 aliphatic heterocycles. The minimum Gasteiger partial charge on any atom is -0.304 e. The minimum atomic E-state index is 0.146. The number of hydrogen-bond acceptors (Lipinski definition) is 5. The summed E-state index contributed by atoms with van der Waals surface area (Å²) in [6.45, 7) is 2.73. The van der Waals surface area contributed by atoms with Crippen molar-refractivity contribution in [3.63, 3.8) is 0 Å². The van der Waals surface area contributed by atoms with E-state index in [0.29, 0.717) is 12.1 Å². The highest BCUT2D eigenvalue weighted by Crippen LogP contribution is 2.23. The molecule has 1 heterocycles. The van der Waals surface area contributed by atoms with E-state index in [0.717, 1.165) is 21.1 Å². The lowest BCUT2D eigenvalue weighted by Gasteiger charge is -2.13. The molecular weight excluding hydrogens is 304 g/mol. The summed E-state index contributed by atoms with van der Waals surface area (Å²) in [6.07, 6.45) is 0. The van der Waals surface area contributed by atoms with E-state index < -0.39 is 0 Å². The summed E-state index contributed by atoms with van der Waals surface area (Å²) in [5.41, 5.74) is 2.86. The Bertz CT molecular complexity index is 820. The molecule has 0 aliphatic carbocycles. The summed E-state index contributed by atoms with van der Waals surface area (Å²) in [7, 11) is 0. The lowest BCUT2D eigenvalue weighted by atomic mass is 10.1. The number of benzene rings is 2. The fourth-order valence-electron chi connectivity index (χ4n) is 2.26. The van der Waals surface area contributed by atoms with Gasteiger partial charge in [-0.3, -0.25) is 0 Å². The van der Waals surface area contributed by atoms with Crippen LogP contribution in [0, 0.1) is 11.3 Å². The molecule has 1 atom stereocenters. The molecule has 0 bridgehead atoms. The van der Waals surface area contributed by atoms with Gasteiger partial charge in [0.1, 0.15) is 10.0 Å². The SMILES string of the molecule is C[C@@H](NCc1nnc(-c2ccccc2)s1)c1cccc(C#N)c1. The fourth-order valence-corrected chi connectivity index (χ4v) is 3.05. The predicted octanol–water partition coefficient (Wildman–Crippen LogP) is 3.93. The summed E-state index contributed by atoms with van der Waals surface area (Å²) < 4.78 is 0. The predicted molar refractivity (Wildman–Crippen MR) is 91.8 cm³/mol. The molecule has 5 heteroatoms. The maximum Gasteiger partial charge on any atom is 0.147 e. The highest BCUT2D eigenvalue weighted by molar-refractivity contribution is 7.14. The highest BCUT2D eigenvalue weighted by atomic mass is 32.1. The van der Waals surface area contributed by atoms with Crippen LogP contribution in [0.3, 0.4) is 0 Å². The van der Waals surface area contributed by atoms with Crippen molar-refractivity contribution in [2.45, 2.75) is 19.5 Å². The van der Waals surface area contributed by atoms with Gasteiger partial charge in [-0.15, -0.1) is 10.2 Å². The monoisotopic (exact) mass is 320 g/mol. The standard InChI is InChI=1S/C18H16N4S/c1-13(16-9-5-6-14(10-16)11-19)20-12-17-21-22-18(23-17)15-7-3-2-4-8-15/h2-10,13,20H,12H2,1H3/t13-/m1/s1. The van der Waals surface area contributed by atoms with E-state index in [2.05, 4.69) is 28.5 Å². The summed E-state index contributed by atoms with van der Waals surface area (Å²) >= 11 is 1.59. The molecule has 1 aromatic heterocycles. The van der Waals surface area contributed by atoms with Crippen LogP contribution < -0.4 is 5.32 Å². The van der Waals surface area contributed by atoms with Gasteiger partial charge in [0.05, 0.1) is 18.2 Å². The van der Waals surface area contributed by atoms with Gasteiger partial charge in [-0.1, -0.05) is 53.8 Å². The molecule has 0 amide bonds. The Kier molecular flexibility index (Phi) is 4.77. The van der Waals surface area contributed by atoms with Gasteiger partial charge in [-0.2, -0.15) is 5.26 Å². The van der Waals surface area contributed by atoms with Gasteiger partial charge in [-0.05, 0) is 24.6 Å². The van der Waals surface area contributed by atoms with Crippen LogP contribution in [-0.2, 0) is 6.54 Å². The van der Waals surface area contributed by atoms with Crippen LogP contribution in [0.5, 0.6) is 0 Å². The first kappa shape index (κ1) is 15.3. The first-order chi connectivity index (χ1) is 11.3. The molecule has 0 spiro atoms. The molecule has 3 aromatic rings. The molecule has 4 nitrogen and oxygen atoms in total. The van der Waals surface area contributed by atoms with Crippen LogP contribution in [0.4, 0.5) is 0 Å². The molecule has 2 aromatic carbocycles. The Morgan fingerprint density at radius 3 is 2.74 bits per heavy atom. The Balaban J connectivity index is 1.64. The lowest BCUT2D eigenvalue weighted by molar-refractivity contribution is 0.571. The number of nitrogens with one attached hydrogen (secondary N) is 1. The van der Waals surface area contributed by atoms with Crippen molar-refractivity contribution in [3.05, 3.63) is 70.7 Å². The summed E-state index contributed by atoms with van der Waals surface area (Å²) in [5, 5.41) is 22.8. The topological polar surface area (TPSA) is 61.6 Å². The fraction of sp³-hybridized carbons (Fsp3) is 0.167. The summed E-state index contributed by atoms with van der Waals surface area (Å²) in [5.74, 6) is 0. The first-order valence-electron chi connectivity index (χ1n) is 7.37. The number of aromatic nitrogens is 2. The van der Waals surface area contributed by atoms with E-state index in [1.54, 1.807) is 11.3 Å². The van der Waals surface area contributed by atoms with Crippen LogP contribution >= 0.6 is 11.3 Å². The minimum absolute atomic E-state index is 0.146. The van der Waals surface area contributed by atoms with E-state index in [-0.39, 0.29) is 6.04 Å². The van der Waals surface area contributed by atoms with Gasteiger partial charge in [0, 0.05) is 11.6 Å². The average molecular weight is 320 g/mol. The van der Waals surface area contributed by atoms with Gasteiger partial charge < -0.3 is 5.32 Å². The molecule has 1 N–H and O–H groups in total. The van der Waals surface area contributed by atoms with E-state index in [9.17, 15) is 0 Å². The maximum absolute atomic E-state index is 8.98. The Morgan fingerprint density at radius 2 is 1.96 bits per heavy atom. The zero-order chi connectivity index (χ0) is 16.1.